The Hall–Kier alpha value is -0.790. The number of carbonyl (C=O) groups is 1. The molecular weight excluding hydrogens is 164 g/mol. The molecule has 1 unspecified atom stereocenters. The lowest BCUT2D eigenvalue weighted by Crippen LogP contribution is -2.23. The molecule has 0 aromatic heterocycles. The second-order valence-electron chi connectivity index (χ2n) is 4.87. The topological polar surface area (TPSA) is 37.3 Å². The van der Waals surface area contributed by atoms with Crippen molar-refractivity contribution in [3.63, 3.8) is 0 Å². The van der Waals surface area contributed by atoms with Crippen LogP contribution in [0.2, 0.25) is 0 Å². The molecule has 74 valence electrons. The summed E-state index contributed by atoms with van der Waals surface area (Å²) in [5, 5.41) is 8.76. The first-order chi connectivity index (χ1) is 5.91. The Morgan fingerprint density at radius 1 is 1.54 bits per heavy atom. The molecule has 1 rings (SSSR count). The normalized spacial score (nSPS) is 23.9. The van der Waals surface area contributed by atoms with Gasteiger partial charge in [0, 0.05) is 5.57 Å². The highest BCUT2D eigenvalue weighted by molar-refractivity contribution is 5.86. The first kappa shape index (κ1) is 10.3. The van der Waals surface area contributed by atoms with Crippen LogP contribution in [0.5, 0.6) is 0 Å². The van der Waals surface area contributed by atoms with Gasteiger partial charge in [0.1, 0.15) is 0 Å². The van der Waals surface area contributed by atoms with Gasteiger partial charge < -0.3 is 5.11 Å². The second-order valence-corrected chi connectivity index (χ2v) is 4.87. The van der Waals surface area contributed by atoms with E-state index in [4.69, 9.17) is 5.11 Å². The first-order valence-electron chi connectivity index (χ1n) is 4.83. The summed E-state index contributed by atoms with van der Waals surface area (Å²) in [6.45, 7) is 6.66. The third-order valence-electron chi connectivity index (χ3n) is 2.91. The standard InChI is InChI=1S/C11H18O2/c1-11(2,3)9-6-4-8(5-7-9)10(12)13/h4,9H,5-7H2,1-3H3,(H,12,13). The zero-order valence-electron chi connectivity index (χ0n) is 8.63. The van der Waals surface area contributed by atoms with Crippen LogP contribution in [0.15, 0.2) is 11.6 Å². The zero-order chi connectivity index (χ0) is 10.1. The van der Waals surface area contributed by atoms with E-state index in [0.717, 1.165) is 19.3 Å². The van der Waals surface area contributed by atoms with Gasteiger partial charge in [0.15, 0.2) is 0 Å². The molecule has 2 heteroatoms. The van der Waals surface area contributed by atoms with Gasteiger partial charge in [-0.05, 0) is 30.6 Å². The number of allylic oxidation sites excluding steroid dienone is 1. The Labute approximate surface area is 79.6 Å². The summed E-state index contributed by atoms with van der Waals surface area (Å²) in [6.07, 6.45) is 4.56. The molecule has 1 aliphatic rings. The van der Waals surface area contributed by atoms with Gasteiger partial charge in [0.05, 0.1) is 0 Å². The molecule has 0 spiro atoms. The van der Waals surface area contributed by atoms with Crippen LogP contribution in [0.4, 0.5) is 0 Å². The fourth-order valence-corrected chi connectivity index (χ4v) is 1.81. The van der Waals surface area contributed by atoms with E-state index in [1.807, 2.05) is 6.08 Å². The molecule has 1 aliphatic carbocycles. The van der Waals surface area contributed by atoms with Crippen LogP contribution in [0.25, 0.3) is 0 Å². The van der Waals surface area contributed by atoms with Crippen molar-refractivity contribution in [3.05, 3.63) is 11.6 Å². The Balaban J connectivity index is 2.61. The maximum atomic E-state index is 10.6. The van der Waals surface area contributed by atoms with Crippen molar-refractivity contribution in [2.75, 3.05) is 0 Å². The number of carboxylic acids is 1. The minimum Gasteiger partial charge on any atom is -0.478 e. The molecule has 1 N–H and O–H groups in total. The number of rotatable bonds is 1. The Kier molecular flexibility index (Phi) is 2.79. The van der Waals surface area contributed by atoms with Crippen LogP contribution in [-0.4, -0.2) is 11.1 Å². The summed E-state index contributed by atoms with van der Waals surface area (Å²) in [5.41, 5.74) is 0.904. The predicted molar refractivity (Wildman–Crippen MR) is 52.5 cm³/mol. The summed E-state index contributed by atoms with van der Waals surface area (Å²) in [5.74, 6) is -0.108. The van der Waals surface area contributed by atoms with Crippen LogP contribution >= 0.6 is 0 Å². The highest BCUT2D eigenvalue weighted by atomic mass is 16.4. The van der Waals surface area contributed by atoms with Crippen LogP contribution in [0, 0.1) is 11.3 Å². The summed E-state index contributed by atoms with van der Waals surface area (Å²) in [4.78, 5) is 10.6. The van der Waals surface area contributed by atoms with Gasteiger partial charge in [0.25, 0.3) is 0 Å². The van der Waals surface area contributed by atoms with Crippen molar-refractivity contribution in [1.29, 1.82) is 0 Å². The van der Waals surface area contributed by atoms with Gasteiger partial charge in [-0.25, -0.2) is 4.79 Å². The molecule has 0 amide bonds. The first-order valence-corrected chi connectivity index (χ1v) is 4.83. The van der Waals surface area contributed by atoms with Gasteiger partial charge in [-0.15, -0.1) is 0 Å². The van der Waals surface area contributed by atoms with Crippen molar-refractivity contribution in [2.24, 2.45) is 11.3 Å². The van der Waals surface area contributed by atoms with E-state index >= 15 is 0 Å². The predicted octanol–water partition coefficient (Wildman–Crippen LogP) is 2.84. The number of aliphatic carboxylic acids is 1. The van der Waals surface area contributed by atoms with Gasteiger partial charge in [-0.2, -0.15) is 0 Å². The average molecular weight is 182 g/mol. The largest absolute Gasteiger partial charge is 0.478 e. The Morgan fingerprint density at radius 2 is 2.15 bits per heavy atom. The van der Waals surface area contributed by atoms with Crippen LogP contribution in [0.3, 0.4) is 0 Å². The molecule has 0 bridgehead atoms. The third-order valence-corrected chi connectivity index (χ3v) is 2.91. The van der Waals surface area contributed by atoms with E-state index in [9.17, 15) is 4.79 Å². The van der Waals surface area contributed by atoms with Crippen molar-refractivity contribution < 1.29 is 9.90 Å². The van der Waals surface area contributed by atoms with Crippen LogP contribution in [0.1, 0.15) is 40.0 Å². The molecule has 2 nitrogen and oxygen atoms in total. The quantitative estimate of drug-likeness (QED) is 0.677. The molecule has 0 radical (unpaired) electrons. The minimum absolute atomic E-state index is 0.306. The lowest BCUT2D eigenvalue weighted by atomic mass is 9.73. The SMILES string of the molecule is CC(C)(C)C1CC=C(C(=O)O)CC1. The molecule has 0 aromatic rings. The second kappa shape index (κ2) is 3.52. The number of carboxylic acid groups (broad SMARTS) is 1. The highest BCUT2D eigenvalue weighted by Gasteiger charge is 2.27. The Bertz CT molecular complexity index is 233. The van der Waals surface area contributed by atoms with Crippen molar-refractivity contribution >= 4 is 5.97 Å². The van der Waals surface area contributed by atoms with E-state index < -0.39 is 5.97 Å². The Morgan fingerprint density at radius 3 is 2.46 bits per heavy atom. The molecule has 0 fully saturated rings. The smallest absolute Gasteiger partial charge is 0.331 e. The lowest BCUT2D eigenvalue weighted by molar-refractivity contribution is -0.133. The van der Waals surface area contributed by atoms with Crippen LogP contribution in [-0.2, 0) is 4.79 Å². The molecule has 0 heterocycles. The van der Waals surface area contributed by atoms with E-state index in [1.54, 1.807) is 0 Å². The lowest BCUT2D eigenvalue weighted by Gasteiger charge is -2.32. The van der Waals surface area contributed by atoms with E-state index in [0.29, 0.717) is 16.9 Å². The van der Waals surface area contributed by atoms with Crippen molar-refractivity contribution in [3.8, 4) is 0 Å². The molecule has 0 aromatic carbocycles. The van der Waals surface area contributed by atoms with Gasteiger partial charge in [0.2, 0.25) is 0 Å². The van der Waals surface area contributed by atoms with E-state index in [1.165, 1.54) is 0 Å². The molecule has 0 aliphatic heterocycles. The van der Waals surface area contributed by atoms with Crippen molar-refractivity contribution in [2.45, 2.75) is 40.0 Å². The molecule has 1 atom stereocenters. The van der Waals surface area contributed by atoms with Gasteiger partial charge in [-0.3, -0.25) is 0 Å². The van der Waals surface area contributed by atoms with E-state index in [2.05, 4.69) is 20.8 Å². The average Bonchev–Trinajstić information content (AvgIpc) is 2.03. The fourth-order valence-electron chi connectivity index (χ4n) is 1.81. The summed E-state index contributed by atoms with van der Waals surface area (Å²) in [7, 11) is 0. The molecular formula is C11H18O2. The zero-order valence-corrected chi connectivity index (χ0v) is 8.63. The van der Waals surface area contributed by atoms with Gasteiger partial charge in [-0.1, -0.05) is 26.8 Å². The maximum absolute atomic E-state index is 10.6. The summed E-state index contributed by atoms with van der Waals surface area (Å²) in [6, 6.07) is 0. The molecule has 13 heavy (non-hydrogen) atoms. The van der Waals surface area contributed by atoms with Gasteiger partial charge >= 0.3 is 5.97 Å². The summed E-state index contributed by atoms with van der Waals surface area (Å²) < 4.78 is 0. The summed E-state index contributed by atoms with van der Waals surface area (Å²) >= 11 is 0. The number of hydrogen-bond acceptors (Lipinski definition) is 1. The fraction of sp³-hybridized carbons (Fsp3) is 0.727. The highest BCUT2D eigenvalue weighted by Crippen LogP contribution is 2.36. The molecule has 0 saturated heterocycles. The monoisotopic (exact) mass is 182 g/mol. The molecule has 0 saturated carbocycles. The third kappa shape index (κ3) is 2.58. The van der Waals surface area contributed by atoms with Crippen LogP contribution < -0.4 is 0 Å². The maximum Gasteiger partial charge on any atom is 0.331 e. The number of hydrogen-bond donors (Lipinski definition) is 1. The van der Waals surface area contributed by atoms with Crippen molar-refractivity contribution in [1.82, 2.24) is 0 Å². The minimum atomic E-state index is -0.743. The van der Waals surface area contributed by atoms with E-state index in [-0.39, 0.29) is 0 Å².